The molecule has 20 heavy (non-hydrogen) atoms. The van der Waals surface area contributed by atoms with E-state index in [0.29, 0.717) is 16.9 Å². The van der Waals surface area contributed by atoms with Gasteiger partial charge in [-0.05, 0) is 19.1 Å². The first-order valence-corrected chi connectivity index (χ1v) is 6.21. The van der Waals surface area contributed by atoms with E-state index in [1.807, 2.05) is 0 Å². The summed E-state index contributed by atoms with van der Waals surface area (Å²) >= 11 is 0. The van der Waals surface area contributed by atoms with E-state index in [-0.39, 0.29) is 12.3 Å². The number of aliphatic hydroxyl groups is 1. The summed E-state index contributed by atoms with van der Waals surface area (Å²) < 4.78 is 5.61. The molecule has 0 bridgehead atoms. The molecular formula is C15H15NO4. The third kappa shape index (κ3) is 3.13. The molecule has 0 aliphatic rings. The molecule has 0 amide bonds. The van der Waals surface area contributed by atoms with Gasteiger partial charge in [-0.25, -0.2) is 0 Å². The van der Waals surface area contributed by atoms with E-state index in [2.05, 4.69) is 0 Å². The van der Waals surface area contributed by atoms with Gasteiger partial charge in [0, 0.05) is 11.6 Å². The Morgan fingerprint density at radius 1 is 1.20 bits per heavy atom. The zero-order valence-electron chi connectivity index (χ0n) is 11.0. The smallest absolute Gasteiger partial charge is 0.276 e. The molecule has 0 heterocycles. The van der Waals surface area contributed by atoms with Crippen LogP contribution in [0.25, 0.3) is 0 Å². The van der Waals surface area contributed by atoms with Gasteiger partial charge in [0.2, 0.25) is 0 Å². The molecule has 104 valence electrons. The molecule has 1 atom stereocenters. The van der Waals surface area contributed by atoms with Crippen molar-refractivity contribution in [2.75, 3.05) is 0 Å². The fraction of sp³-hybridized carbons (Fsp3) is 0.200. The van der Waals surface area contributed by atoms with Gasteiger partial charge >= 0.3 is 0 Å². The SMILES string of the molecule is CC(O)c1ccccc1OCc1ccccc1[N+](=O)[O-]. The number of nitro benzene ring substituents is 1. The molecule has 5 nitrogen and oxygen atoms in total. The van der Waals surface area contributed by atoms with Crippen LogP contribution >= 0.6 is 0 Å². The second-order valence-corrected chi connectivity index (χ2v) is 4.39. The number of aliphatic hydroxyl groups excluding tert-OH is 1. The van der Waals surface area contributed by atoms with Gasteiger partial charge in [0.25, 0.3) is 5.69 Å². The summed E-state index contributed by atoms with van der Waals surface area (Å²) in [4.78, 5) is 10.5. The molecule has 0 radical (unpaired) electrons. The summed E-state index contributed by atoms with van der Waals surface area (Å²) in [6.07, 6.45) is -0.656. The lowest BCUT2D eigenvalue weighted by Crippen LogP contribution is -2.03. The first kappa shape index (κ1) is 14.0. The lowest BCUT2D eigenvalue weighted by Gasteiger charge is -2.13. The summed E-state index contributed by atoms with van der Waals surface area (Å²) in [7, 11) is 0. The monoisotopic (exact) mass is 273 g/mol. The number of benzene rings is 2. The van der Waals surface area contributed by atoms with Crippen LogP contribution in [0.3, 0.4) is 0 Å². The predicted octanol–water partition coefficient (Wildman–Crippen LogP) is 3.23. The Morgan fingerprint density at radius 3 is 2.55 bits per heavy atom. The van der Waals surface area contributed by atoms with E-state index in [9.17, 15) is 15.2 Å². The van der Waals surface area contributed by atoms with Gasteiger partial charge in [-0.1, -0.05) is 30.3 Å². The first-order valence-electron chi connectivity index (χ1n) is 6.21. The highest BCUT2D eigenvalue weighted by Crippen LogP contribution is 2.26. The Kier molecular flexibility index (Phi) is 4.32. The van der Waals surface area contributed by atoms with E-state index < -0.39 is 11.0 Å². The lowest BCUT2D eigenvalue weighted by atomic mass is 10.1. The van der Waals surface area contributed by atoms with Crippen molar-refractivity contribution < 1.29 is 14.8 Å². The largest absolute Gasteiger partial charge is 0.488 e. The van der Waals surface area contributed by atoms with E-state index >= 15 is 0 Å². The van der Waals surface area contributed by atoms with E-state index in [1.54, 1.807) is 49.4 Å². The van der Waals surface area contributed by atoms with Crippen LogP contribution < -0.4 is 4.74 Å². The number of para-hydroxylation sites is 2. The predicted molar refractivity (Wildman–Crippen MR) is 74.5 cm³/mol. The fourth-order valence-corrected chi connectivity index (χ4v) is 1.92. The van der Waals surface area contributed by atoms with Crippen molar-refractivity contribution in [3.05, 3.63) is 69.8 Å². The normalized spacial score (nSPS) is 11.9. The van der Waals surface area contributed by atoms with Gasteiger partial charge in [0.1, 0.15) is 12.4 Å². The van der Waals surface area contributed by atoms with Gasteiger partial charge < -0.3 is 9.84 Å². The molecule has 1 unspecified atom stereocenters. The van der Waals surface area contributed by atoms with Gasteiger partial charge in [-0.3, -0.25) is 10.1 Å². The van der Waals surface area contributed by atoms with Crippen LogP contribution in [0.4, 0.5) is 5.69 Å². The van der Waals surface area contributed by atoms with Gasteiger partial charge in [0.05, 0.1) is 16.6 Å². The number of hydrogen-bond acceptors (Lipinski definition) is 4. The molecule has 1 N–H and O–H groups in total. The minimum Gasteiger partial charge on any atom is -0.488 e. The van der Waals surface area contributed by atoms with Crippen molar-refractivity contribution >= 4 is 5.69 Å². The summed E-state index contributed by atoms with van der Waals surface area (Å²) in [6.45, 7) is 1.73. The van der Waals surface area contributed by atoms with Gasteiger partial charge in [-0.2, -0.15) is 0 Å². The number of ether oxygens (including phenoxy) is 1. The Labute approximate surface area is 116 Å². The average molecular weight is 273 g/mol. The van der Waals surface area contributed by atoms with E-state index in [4.69, 9.17) is 4.74 Å². The second kappa shape index (κ2) is 6.16. The first-order chi connectivity index (χ1) is 9.59. The quantitative estimate of drug-likeness (QED) is 0.670. The summed E-state index contributed by atoms with van der Waals surface area (Å²) in [5.74, 6) is 0.528. The molecule has 0 spiro atoms. The molecule has 0 aromatic heterocycles. The van der Waals surface area contributed by atoms with Crippen molar-refractivity contribution in [3.8, 4) is 5.75 Å². The maximum absolute atomic E-state index is 10.9. The molecule has 2 aromatic rings. The maximum atomic E-state index is 10.9. The zero-order valence-corrected chi connectivity index (χ0v) is 11.0. The summed E-state index contributed by atoms with van der Waals surface area (Å²) in [5.41, 5.74) is 1.19. The third-order valence-corrected chi connectivity index (χ3v) is 2.94. The van der Waals surface area contributed by atoms with Gasteiger partial charge in [-0.15, -0.1) is 0 Å². The number of rotatable bonds is 5. The molecule has 0 fully saturated rings. The lowest BCUT2D eigenvalue weighted by molar-refractivity contribution is -0.385. The summed E-state index contributed by atoms with van der Waals surface area (Å²) in [5, 5.41) is 20.6. The minimum atomic E-state index is -0.656. The van der Waals surface area contributed by atoms with Crippen molar-refractivity contribution in [2.45, 2.75) is 19.6 Å². The standard InChI is InChI=1S/C15H15NO4/c1-11(17)13-7-3-5-9-15(13)20-10-12-6-2-4-8-14(12)16(18)19/h2-9,11,17H,10H2,1H3. The van der Waals surface area contributed by atoms with E-state index in [1.165, 1.54) is 6.07 Å². The maximum Gasteiger partial charge on any atom is 0.276 e. The molecule has 2 rings (SSSR count). The highest BCUT2D eigenvalue weighted by atomic mass is 16.6. The minimum absolute atomic E-state index is 0.0297. The van der Waals surface area contributed by atoms with Crippen LogP contribution in [-0.4, -0.2) is 10.0 Å². The molecule has 0 aliphatic carbocycles. The highest BCUT2D eigenvalue weighted by molar-refractivity contribution is 5.40. The topological polar surface area (TPSA) is 72.6 Å². The van der Waals surface area contributed by atoms with Crippen LogP contribution in [-0.2, 0) is 6.61 Å². The van der Waals surface area contributed by atoms with Gasteiger partial charge in [0.15, 0.2) is 0 Å². The molecule has 0 aliphatic heterocycles. The Hall–Kier alpha value is -2.40. The van der Waals surface area contributed by atoms with Crippen LogP contribution in [0.15, 0.2) is 48.5 Å². The molecule has 5 heteroatoms. The fourth-order valence-electron chi connectivity index (χ4n) is 1.92. The van der Waals surface area contributed by atoms with Crippen LogP contribution in [0, 0.1) is 10.1 Å². The Balaban J connectivity index is 2.20. The van der Waals surface area contributed by atoms with Crippen LogP contribution in [0.1, 0.15) is 24.2 Å². The second-order valence-electron chi connectivity index (χ2n) is 4.39. The van der Waals surface area contributed by atoms with Crippen molar-refractivity contribution in [3.63, 3.8) is 0 Å². The van der Waals surface area contributed by atoms with E-state index in [0.717, 1.165) is 0 Å². The van der Waals surface area contributed by atoms with Crippen molar-refractivity contribution in [1.82, 2.24) is 0 Å². The number of nitrogens with zero attached hydrogens (tertiary/aromatic N) is 1. The number of hydrogen-bond donors (Lipinski definition) is 1. The Bertz CT molecular complexity index is 610. The van der Waals surface area contributed by atoms with Crippen molar-refractivity contribution in [1.29, 1.82) is 0 Å². The third-order valence-electron chi connectivity index (χ3n) is 2.94. The average Bonchev–Trinajstić information content (AvgIpc) is 2.45. The Morgan fingerprint density at radius 2 is 1.85 bits per heavy atom. The molecule has 0 saturated carbocycles. The van der Waals surface area contributed by atoms with Crippen molar-refractivity contribution in [2.24, 2.45) is 0 Å². The highest BCUT2D eigenvalue weighted by Gasteiger charge is 2.14. The zero-order chi connectivity index (χ0) is 14.5. The van der Waals surface area contributed by atoms with Crippen LogP contribution in [0.2, 0.25) is 0 Å². The molecule has 0 saturated heterocycles. The van der Waals surface area contributed by atoms with Crippen LogP contribution in [0.5, 0.6) is 5.75 Å². The number of nitro groups is 1. The molecule has 2 aromatic carbocycles. The summed E-state index contributed by atoms with van der Waals surface area (Å²) in [6, 6.07) is 13.5. The molecular weight excluding hydrogens is 258 g/mol.